The summed E-state index contributed by atoms with van der Waals surface area (Å²) in [4.78, 5) is 33.9. The van der Waals surface area contributed by atoms with Gasteiger partial charge in [-0.3, -0.25) is 14.4 Å². The molecule has 0 saturated carbocycles. The Morgan fingerprint density at radius 1 is 1.24 bits per heavy atom. The van der Waals surface area contributed by atoms with E-state index in [0.717, 1.165) is 5.56 Å². The van der Waals surface area contributed by atoms with E-state index in [2.05, 4.69) is 10.6 Å². The van der Waals surface area contributed by atoms with E-state index in [1.807, 2.05) is 6.92 Å². The minimum Gasteiger partial charge on any atom is -0.368 e. The minimum absolute atomic E-state index is 0.210. The molecule has 1 rings (SSSR count). The number of benzene rings is 1. The van der Waals surface area contributed by atoms with Gasteiger partial charge in [0.1, 0.15) is 13.2 Å². The molecule has 3 amide bonds. The van der Waals surface area contributed by atoms with Crippen LogP contribution in [0.25, 0.3) is 0 Å². The standard InChI is InChI=1S/C14H19N3O4/c1-3-16-14(20)10-5-4-9(2)11(6-10)17-13(19)8-21-7-12(15)18/h4-6H,3,7-8H2,1-2H3,(H2,15,18)(H,16,20)(H,17,19). The number of carbonyl (C=O) groups is 3. The van der Waals surface area contributed by atoms with Gasteiger partial charge in [0.2, 0.25) is 11.8 Å². The monoisotopic (exact) mass is 293 g/mol. The fourth-order valence-electron chi connectivity index (χ4n) is 1.59. The molecule has 7 nitrogen and oxygen atoms in total. The third-order valence-electron chi connectivity index (χ3n) is 2.59. The molecule has 114 valence electrons. The summed E-state index contributed by atoms with van der Waals surface area (Å²) in [6, 6.07) is 5.01. The van der Waals surface area contributed by atoms with Crippen LogP contribution in [0.4, 0.5) is 5.69 Å². The smallest absolute Gasteiger partial charge is 0.251 e. The average molecular weight is 293 g/mol. The van der Waals surface area contributed by atoms with Gasteiger partial charge in [0.15, 0.2) is 0 Å². The van der Waals surface area contributed by atoms with E-state index in [0.29, 0.717) is 17.8 Å². The highest BCUT2D eigenvalue weighted by Gasteiger charge is 2.10. The summed E-state index contributed by atoms with van der Waals surface area (Å²) in [6.07, 6.45) is 0. The summed E-state index contributed by atoms with van der Waals surface area (Å²) in [6.45, 7) is 3.56. The molecule has 0 aliphatic heterocycles. The molecule has 4 N–H and O–H groups in total. The number of anilines is 1. The molecule has 0 spiro atoms. The normalized spacial score (nSPS) is 10.0. The van der Waals surface area contributed by atoms with Gasteiger partial charge in [0.05, 0.1) is 0 Å². The van der Waals surface area contributed by atoms with Gasteiger partial charge in [-0.25, -0.2) is 0 Å². The Morgan fingerprint density at radius 3 is 2.57 bits per heavy atom. The third kappa shape index (κ3) is 5.62. The highest BCUT2D eigenvalue weighted by atomic mass is 16.5. The minimum atomic E-state index is -0.641. The molecule has 7 heteroatoms. The van der Waals surface area contributed by atoms with Gasteiger partial charge in [-0.2, -0.15) is 0 Å². The Kier molecular flexibility index (Phi) is 6.35. The van der Waals surface area contributed by atoms with Crippen molar-refractivity contribution in [2.45, 2.75) is 13.8 Å². The first-order valence-corrected chi connectivity index (χ1v) is 6.48. The van der Waals surface area contributed by atoms with E-state index in [4.69, 9.17) is 10.5 Å². The van der Waals surface area contributed by atoms with E-state index >= 15 is 0 Å². The predicted octanol–water partition coefficient (Wildman–Crippen LogP) is 0.185. The van der Waals surface area contributed by atoms with Crippen LogP contribution in [-0.2, 0) is 14.3 Å². The van der Waals surface area contributed by atoms with Crippen LogP contribution in [0, 0.1) is 6.92 Å². The zero-order chi connectivity index (χ0) is 15.8. The lowest BCUT2D eigenvalue weighted by molar-refractivity contribution is -0.126. The van der Waals surface area contributed by atoms with Gasteiger partial charge in [-0.15, -0.1) is 0 Å². The number of primary amides is 1. The maximum absolute atomic E-state index is 11.7. The van der Waals surface area contributed by atoms with Crippen molar-refractivity contribution in [2.75, 3.05) is 25.1 Å². The third-order valence-corrected chi connectivity index (χ3v) is 2.59. The maximum atomic E-state index is 11.7. The number of hydrogen-bond acceptors (Lipinski definition) is 4. The Hall–Kier alpha value is -2.41. The summed E-state index contributed by atoms with van der Waals surface area (Å²) >= 11 is 0. The first-order chi connectivity index (χ1) is 9.93. The number of carbonyl (C=O) groups excluding carboxylic acids is 3. The van der Waals surface area contributed by atoms with Crippen LogP contribution in [0.2, 0.25) is 0 Å². The van der Waals surface area contributed by atoms with Crippen molar-refractivity contribution in [1.82, 2.24) is 5.32 Å². The molecule has 0 unspecified atom stereocenters. The number of hydrogen-bond donors (Lipinski definition) is 3. The topological polar surface area (TPSA) is 111 Å². The zero-order valence-corrected chi connectivity index (χ0v) is 12.1. The van der Waals surface area contributed by atoms with E-state index in [9.17, 15) is 14.4 Å². The molecule has 0 bridgehead atoms. The van der Waals surface area contributed by atoms with Gasteiger partial charge in [-0.1, -0.05) is 6.07 Å². The van der Waals surface area contributed by atoms with Crippen LogP contribution >= 0.6 is 0 Å². The molecular weight excluding hydrogens is 274 g/mol. The summed E-state index contributed by atoms with van der Waals surface area (Å²) in [7, 11) is 0. The molecule has 21 heavy (non-hydrogen) atoms. The molecule has 1 aromatic carbocycles. The van der Waals surface area contributed by atoms with Gasteiger partial charge in [0, 0.05) is 17.8 Å². The highest BCUT2D eigenvalue weighted by Crippen LogP contribution is 2.17. The molecule has 0 atom stereocenters. The Morgan fingerprint density at radius 2 is 1.95 bits per heavy atom. The number of nitrogens with two attached hydrogens (primary N) is 1. The molecule has 0 radical (unpaired) electrons. The quantitative estimate of drug-likeness (QED) is 0.666. The number of amides is 3. The highest BCUT2D eigenvalue weighted by molar-refractivity contribution is 5.98. The SMILES string of the molecule is CCNC(=O)c1ccc(C)c(NC(=O)COCC(N)=O)c1. The van der Waals surface area contributed by atoms with Crippen LogP contribution in [0.1, 0.15) is 22.8 Å². The van der Waals surface area contributed by atoms with E-state index in [1.165, 1.54) is 0 Å². The van der Waals surface area contributed by atoms with Gasteiger partial charge in [0.25, 0.3) is 5.91 Å². The molecule has 0 aliphatic rings. The zero-order valence-electron chi connectivity index (χ0n) is 12.1. The lowest BCUT2D eigenvalue weighted by Crippen LogP contribution is -2.25. The van der Waals surface area contributed by atoms with Gasteiger partial charge in [-0.05, 0) is 31.5 Å². The van der Waals surface area contributed by atoms with Crippen LogP contribution in [0.5, 0.6) is 0 Å². The summed E-state index contributed by atoms with van der Waals surface area (Å²) in [5.74, 6) is -1.28. The number of aryl methyl sites for hydroxylation is 1. The second kappa shape index (κ2) is 8.01. The van der Waals surface area contributed by atoms with Crippen molar-refractivity contribution in [1.29, 1.82) is 0 Å². The van der Waals surface area contributed by atoms with Crippen molar-refractivity contribution in [2.24, 2.45) is 5.73 Å². The molecular formula is C14H19N3O4. The van der Waals surface area contributed by atoms with Crippen molar-refractivity contribution < 1.29 is 19.1 Å². The fourth-order valence-corrected chi connectivity index (χ4v) is 1.59. The molecule has 0 heterocycles. The average Bonchev–Trinajstić information content (AvgIpc) is 2.41. The lowest BCUT2D eigenvalue weighted by Gasteiger charge is -2.10. The molecule has 1 aromatic rings. The molecule has 0 aromatic heterocycles. The van der Waals surface area contributed by atoms with E-state index in [1.54, 1.807) is 25.1 Å². The van der Waals surface area contributed by atoms with Crippen LogP contribution in [0.15, 0.2) is 18.2 Å². The Labute approximate surface area is 122 Å². The first-order valence-electron chi connectivity index (χ1n) is 6.48. The Balaban J connectivity index is 2.69. The van der Waals surface area contributed by atoms with Crippen LogP contribution in [-0.4, -0.2) is 37.5 Å². The van der Waals surface area contributed by atoms with Crippen LogP contribution in [0.3, 0.4) is 0 Å². The van der Waals surface area contributed by atoms with Crippen molar-refractivity contribution in [3.8, 4) is 0 Å². The second-order valence-corrected chi connectivity index (χ2v) is 4.40. The number of rotatable bonds is 7. The van der Waals surface area contributed by atoms with Crippen LogP contribution < -0.4 is 16.4 Å². The second-order valence-electron chi connectivity index (χ2n) is 4.40. The summed E-state index contributed by atoms with van der Waals surface area (Å²) in [5.41, 5.74) is 6.68. The largest absolute Gasteiger partial charge is 0.368 e. The maximum Gasteiger partial charge on any atom is 0.251 e. The summed E-state index contributed by atoms with van der Waals surface area (Å²) in [5, 5.41) is 5.31. The molecule has 0 saturated heterocycles. The lowest BCUT2D eigenvalue weighted by atomic mass is 10.1. The molecule has 0 fully saturated rings. The van der Waals surface area contributed by atoms with E-state index in [-0.39, 0.29) is 19.1 Å². The predicted molar refractivity (Wildman–Crippen MR) is 77.8 cm³/mol. The Bertz CT molecular complexity index is 543. The van der Waals surface area contributed by atoms with Crippen molar-refractivity contribution >= 4 is 23.4 Å². The fraction of sp³-hybridized carbons (Fsp3) is 0.357. The van der Waals surface area contributed by atoms with Gasteiger partial charge < -0.3 is 21.1 Å². The first kappa shape index (κ1) is 16.6. The number of ether oxygens (including phenoxy) is 1. The van der Waals surface area contributed by atoms with Crippen molar-refractivity contribution in [3.63, 3.8) is 0 Å². The van der Waals surface area contributed by atoms with Gasteiger partial charge >= 0.3 is 0 Å². The summed E-state index contributed by atoms with van der Waals surface area (Å²) < 4.78 is 4.82. The van der Waals surface area contributed by atoms with Crippen molar-refractivity contribution in [3.05, 3.63) is 29.3 Å². The molecule has 0 aliphatic carbocycles. The number of nitrogens with one attached hydrogen (secondary N) is 2. The van der Waals surface area contributed by atoms with E-state index < -0.39 is 11.8 Å².